The van der Waals surface area contributed by atoms with Crippen molar-refractivity contribution in [3.05, 3.63) is 77.9 Å². The largest absolute Gasteiger partial charge is 0.467 e. The van der Waals surface area contributed by atoms with Crippen LogP contribution in [-0.4, -0.2) is 15.9 Å². The van der Waals surface area contributed by atoms with Gasteiger partial charge in [0.25, 0.3) is 5.91 Å². The number of benzene rings is 1. The monoisotopic (exact) mass is 326 g/mol. The van der Waals surface area contributed by atoms with E-state index >= 15 is 0 Å². The molecule has 2 aromatic heterocycles. The Hall–Kier alpha value is -3.22. The highest BCUT2D eigenvalue weighted by molar-refractivity contribution is 5.92. The van der Waals surface area contributed by atoms with Gasteiger partial charge in [-0.3, -0.25) is 4.79 Å². The van der Waals surface area contributed by atoms with E-state index in [-0.39, 0.29) is 30.5 Å². The first-order valence-electron chi connectivity index (χ1n) is 7.32. The number of furan rings is 1. The Morgan fingerprint density at radius 3 is 2.79 bits per heavy atom. The molecule has 3 rings (SSSR count). The topological polar surface area (TPSA) is 80.0 Å². The number of hydrogen-bond donors (Lipinski definition) is 2. The summed E-state index contributed by atoms with van der Waals surface area (Å²) in [5.41, 5.74) is 0.729. The van der Waals surface area contributed by atoms with Gasteiger partial charge >= 0.3 is 0 Å². The van der Waals surface area contributed by atoms with Gasteiger partial charge < -0.3 is 15.1 Å². The van der Waals surface area contributed by atoms with Gasteiger partial charge in [-0.25, -0.2) is 14.4 Å². The number of anilines is 1. The second kappa shape index (κ2) is 7.36. The van der Waals surface area contributed by atoms with Gasteiger partial charge in [0.15, 0.2) is 0 Å². The number of carbonyl (C=O) groups excluding carboxylic acids is 1. The zero-order valence-electron chi connectivity index (χ0n) is 12.7. The van der Waals surface area contributed by atoms with Crippen LogP contribution in [0.15, 0.2) is 59.5 Å². The fourth-order valence-electron chi connectivity index (χ4n) is 2.08. The fourth-order valence-corrected chi connectivity index (χ4v) is 2.08. The SMILES string of the molecule is O=C(NCc1ccco1)c1cc(NCc2ccccc2F)ncn1. The van der Waals surface area contributed by atoms with Gasteiger partial charge in [-0.2, -0.15) is 0 Å². The van der Waals surface area contributed by atoms with E-state index in [0.29, 0.717) is 17.1 Å². The van der Waals surface area contributed by atoms with E-state index in [9.17, 15) is 9.18 Å². The normalized spacial score (nSPS) is 10.4. The molecule has 0 bridgehead atoms. The average Bonchev–Trinajstić information content (AvgIpc) is 3.13. The molecule has 0 aliphatic carbocycles. The molecule has 0 fully saturated rings. The molecule has 0 aliphatic rings. The Kier molecular flexibility index (Phi) is 4.81. The minimum atomic E-state index is -0.345. The van der Waals surface area contributed by atoms with Crippen molar-refractivity contribution in [3.8, 4) is 0 Å². The fraction of sp³-hybridized carbons (Fsp3) is 0.118. The highest BCUT2D eigenvalue weighted by atomic mass is 19.1. The van der Waals surface area contributed by atoms with E-state index in [0.717, 1.165) is 0 Å². The molecule has 6 nitrogen and oxygen atoms in total. The molecule has 0 spiro atoms. The van der Waals surface area contributed by atoms with Gasteiger partial charge in [0.1, 0.15) is 29.4 Å². The molecular formula is C17H15FN4O2. The van der Waals surface area contributed by atoms with Crippen molar-refractivity contribution >= 4 is 11.7 Å². The van der Waals surface area contributed by atoms with Gasteiger partial charge in [-0.15, -0.1) is 0 Å². The third-order valence-corrected chi connectivity index (χ3v) is 3.32. The molecule has 0 saturated heterocycles. The molecule has 2 N–H and O–H groups in total. The first-order valence-corrected chi connectivity index (χ1v) is 7.32. The molecular weight excluding hydrogens is 311 g/mol. The third kappa shape index (κ3) is 3.95. The van der Waals surface area contributed by atoms with Gasteiger partial charge in [0.2, 0.25) is 0 Å². The second-order valence-corrected chi connectivity index (χ2v) is 5.00. The molecule has 1 aromatic carbocycles. The number of carbonyl (C=O) groups is 1. The summed E-state index contributed by atoms with van der Waals surface area (Å²) < 4.78 is 18.7. The first-order chi connectivity index (χ1) is 11.7. The van der Waals surface area contributed by atoms with Crippen LogP contribution in [0.4, 0.5) is 10.2 Å². The lowest BCUT2D eigenvalue weighted by atomic mass is 10.2. The Bertz CT molecular complexity index is 821. The van der Waals surface area contributed by atoms with E-state index in [1.54, 1.807) is 30.3 Å². The van der Waals surface area contributed by atoms with Crippen molar-refractivity contribution in [2.45, 2.75) is 13.1 Å². The highest BCUT2D eigenvalue weighted by Gasteiger charge is 2.09. The molecule has 0 unspecified atom stereocenters. The predicted octanol–water partition coefficient (Wildman–Crippen LogP) is 2.75. The Labute approximate surface area is 137 Å². The Morgan fingerprint density at radius 1 is 1.12 bits per heavy atom. The molecule has 122 valence electrons. The number of hydrogen-bond acceptors (Lipinski definition) is 5. The van der Waals surface area contributed by atoms with Crippen molar-refractivity contribution in [2.75, 3.05) is 5.32 Å². The number of aromatic nitrogens is 2. The summed E-state index contributed by atoms with van der Waals surface area (Å²) in [6, 6.07) is 11.5. The molecule has 0 saturated carbocycles. The molecule has 7 heteroatoms. The van der Waals surface area contributed by atoms with Gasteiger partial charge in [0.05, 0.1) is 12.8 Å². The van der Waals surface area contributed by atoms with Crippen molar-refractivity contribution in [1.82, 2.24) is 15.3 Å². The number of nitrogens with one attached hydrogen (secondary N) is 2. The van der Waals surface area contributed by atoms with E-state index < -0.39 is 0 Å². The molecule has 1 amide bonds. The van der Waals surface area contributed by atoms with Crippen LogP contribution in [0.5, 0.6) is 0 Å². The van der Waals surface area contributed by atoms with Crippen LogP contribution in [0, 0.1) is 5.82 Å². The summed E-state index contributed by atoms with van der Waals surface area (Å²) in [5.74, 6) is 0.449. The van der Waals surface area contributed by atoms with E-state index in [2.05, 4.69) is 20.6 Å². The lowest BCUT2D eigenvalue weighted by molar-refractivity contribution is 0.0943. The maximum atomic E-state index is 13.6. The van der Waals surface area contributed by atoms with Crippen LogP contribution < -0.4 is 10.6 Å². The lowest BCUT2D eigenvalue weighted by Gasteiger charge is -2.08. The van der Waals surface area contributed by atoms with Crippen LogP contribution in [0.25, 0.3) is 0 Å². The molecule has 2 heterocycles. The predicted molar refractivity (Wildman–Crippen MR) is 85.6 cm³/mol. The maximum Gasteiger partial charge on any atom is 0.270 e. The first kappa shape index (κ1) is 15.7. The zero-order valence-corrected chi connectivity index (χ0v) is 12.7. The smallest absolute Gasteiger partial charge is 0.270 e. The summed E-state index contributed by atoms with van der Waals surface area (Å²) in [5, 5.41) is 5.68. The number of nitrogens with zero attached hydrogens (tertiary/aromatic N) is 2. The molecule has 0 aliphatic heterocycles. The van der Waals surface area contributed by atoms with Crippen LogP contribution >= 0.6 is 0 Å². The van der Waals surface area contributed by atoms with Crippen LogP contribution in [0.2, 0.25) is 0 Å². The van der Waals surface area contributed by atoms with E-state index in [4.69, 9.17) is 4.42 Å². The minimum Gasteiger partial charge on any atom is -0.467 e. The maximum absolute atomic E-state index is 13.6. The zero-order chi connectivity index (χ0) is 16.8. The summed E-state index contributed by atoms with van der Waals surface area (Å²) >= 11 is 0. The standard InChI is InChI=1S/C17H15FN4O2/c18-14-6-2-1-4-12(14)9-19-16-8-15(21-11-22-16)17(23)20-10-13-5-3-7-24-13/h1-8,11H,9-10H2,(H,20,23)(H,19,21,22). The minimum absolute atomic E-state index is 0.215. The van der Waals surface area contributed by atoms with Crippen LogP contribution in [0.1, 0.15) is 21.8 Å². The van der Waals surface area contributed by atoms with Crippen LogP contribution in [0.3, 0.4) is 0 Å². The summed E-state index contributed by atoms with van der Waals surface area (Å²) in [7, 11) is 0. The number of halogens is 1. The molecule has 24 heavy (non-hydrogen) atoms. The average molecular weight is 326 g/mol. The van der Waals surface area contributed by atoms with Gasteiger partial charge in [-0.05, 0) is 18.2 Å². The lowest BCUT2D eigenvalue weighted by Crippen LogP contribution is -2.23. The quantitative estimate of drug-likeness (QED) is 0.728. The Balaban J connectivity index is 1.61. The van der Waals surface area contributed by atoms with Gasteiger partial charge in [0, 0.05) is 18.2 Å². The van der Waals surface area contributed by atoms with Crippen molar-refractivity contribution < 1.29 is 13.6 Å². The van der Waals surface area contributed by atoms with Crippen molar-refractivity contribution in [2.24, 2.45) is 0 Å². The van der Waals surface area contributed by atoms with Crippen molar-refractivity contribution in [3.63, 3.8) is 0 Å². The number of amides is 1. The summed E-state index contributed by atoms with van der Waals surface area (Å²) in [6.45, 7) is 0.533. The second-order valence-electron chi connectivity index (χ2n) is 5.00. The van der Waals surface area contributed by atoms with Crippen LogP contribution in [-0.2, 0) is 13.1 Å². The van der Waals surface area contributed by atoms with E-state index in [1.807, 2.05) is 0 Å². The Morgan fingerprint density at radius 2 is 2.00 bits per heavy atom. The molecule has 0 atom stereocenters. The molecule has 3 aromatic rings. The highest BCUT2D eigenvalue weighted by Crippen LogP contribution is 2.10. The van der Waals surface area contributed by atoms with Gasteiger partial charge in [-0.1, -0.05) is 18.2 Å². The van der Waals surface area contributed by atoms with E-state index in [1.165, 1.54) is 24.7 Å². The summed E-state index contributed by atoms with van der Waals surface area (Å²) in [6.07, 6.45) is 2.82. The van der Waals surface area contributed by atoms with Crippen molar-refractivity contribution in [1.29, 1.82) is 0 Å². The summed E-state index contributed by atoms with van der Waals surface area (Å²) in [4.78, 5) is 20.1. The third-order valence-electron chi connectivity index (χ3n) is 3.32. The number of rotatable bonds is 6. The molecule has 0 radical (unpaired) electrons.